The van der Waals surface area contributed by atoms with Crippen molar-refractivity contribution in [2.45, 2.75) is 37.7 Å². The third kappa shape index (κ3) is 2.24. The molecule has 108 valence electrons. The second-order valence-electron chi connectivity index (χ2n) is 6.26. The fourth-order valence-electron chi connectivity index (χ4n) is 3.50. The topological polar surface area (TPSA) is 32.3 Å². The minimum Gasteiger partial charge on any atom is -0.384 e. The van der Waals surface area contributed by atoms with Gasteiger partial charge in [0.1, 0.15) is 6.10 Å². The Labute approximate surface area is 125 Å². The lowest BCUT2D eigenvalue weighted by Crippen LogP contribution is -2.10. The van der Waals surface area contributed by atoms with Crippen molar-refractivity contribution >= 4 is 5.69 Å². The first-order valence-electron chi connectivity index (χ1n) is 7.96. The third-order valence-electron chi connectivity index (χ3n) is 4.98. The smallest absolute Gasteiger partial charge is 0.106 e. The summed E-state index contributed by atoms with van der Waals surface area (Å²) in [7, 11) is 0. The van der Waals surface area contributed by atoms with Crippen molar-refractivity contribution < 1.29 is 5.11 Å². The maximum absolute atomic E-state index is 10.8. The molecule has 1 aliphatic carbocycles. The highest BCUT2D eigenvalue weighted by atomic mass is 16.3. The second kappa shape index (κ2) is 5.19. The molecule has 0 radical (unpaired) electrons. The van der Waals surface area contributed by atoms with Crippen LogP contribution in [0.25, 0.3) is 0 Å². The van der Waals surface area contributed by atoms with E-state index in [9.17, 15) is 5.11 Å². The number of hydrogen-bond acceptors (Lipinski definition) is 2. The first-order chi connectivity index (χ1) is 10.3. The van der Waals surface area contributed by atoms with E-state index < -0.39 is 6.10 Å². The van der Waals surface area contributed by atoms with Gasteiger partial charge in [0.05, 0.1) is 0 Å². The predicted molar refractivity (Wildman–Crippen MR) is 85.7 cm³/mol. The number of nitrogens with one attached hydrogen (secondary N) is 1. The van der Waals surface area contributed by atoms with Crippen LogP contribution in [0.15, 0.2) is 42.5 Å². The van der Waals surface area contributed by atoms with E-state index in [4.69, 9.17) is 0 Å². The van der Waals surface area contributed by atoms with Crippen molar-refractivity contribution in [2.75, 3.05) is 11.9 Å². The van der Waals surface area contributed by atoms with E-state index in [1.165, 1.54) is 30.4 Å². The lowest BCUT2D eigenvalue weighted by atomic mass is 9.79. The maximum Gasteiger partial charge on any atom is 0.106 e. The number of benzene rings is 2. The van der Waals surface area contributed by atoms with Gasteiger partial charge >= 0.3 is 0 Å². The maximum atomic E-state index is 10.8. The van der Waals surface area contributed by atoms with E-state index in [1.54, 1.807) is 0 Å². The molecule has 0 aromatic heterocycles. The Morgan fingerprint density at radius 2 is 1.95 bits per heavy atom. The zero-order valence-corrected chi connectivity index (χ0v) is 12.2. The number of para-hydroxylation sites is 1. The van der Waals surface area contributed by atoms with Crippen molar-refractivity contribution in [2.24, 2.45) is 0 Å². The summed E-state index contributed by atoms with van der Waals surface area (Å²) >= 11 is 0. The molecule has 0 spiro atoms. The van der Waals surface area contributed by atoms with Crippen LogP contribution in [0, 0.1) is 0 Å². The van der Waals surface area contributed by atoms with Crippen LogP contribution in [0.4, 0.5) is 5.69 Å². The van der Waals surface area contributed by atoms with Crippen molar-refractivity contribution in [1.82, 2.24) is 0 Å². The molecule has 0 amide bonds. The van der Waals surface area contributed by atoms with Gasteiger partial charge in [-0.3, -0.25) is 0 Å². The van der Waals surface area contributed by atoms with E-state index in [2.05, 4.69) is 35.6 Å². The Balaban J connectivity index is 1.68. The van der Waals surface area contributed by atoms with E-state index in [-0.39, 0.29) is 0 Å². The summed E-state index contributed by atoms with van der Waals surface area (Å²) in [4.78, 5) is 0. The molecule has 2 aromatic carbocycles. The van der Waals surface area contributed by atoms with Crippen LogP contribution in [0.3, 0.4) is 0 Å². The van der Waals surface area contributed by atoms with Crippen LogP contribution in [0.1, 0.15) is 53.5 Å². The van der Waals surface area contributed by atoms with Gasteiger partial charge in [0.15, 0.2) is 0 Å². The Hall–Kier alpha value is -1.80. The Morgan fingerprint density at radius 1 is 1.10 bits per heavy atom. The van der Waals surface area contributed by atoms with Gasteiger partial charge in [-0.05, 0) is 41.9 Å². The summed E-state index contributed by atoms with van der Waals surface area (Å²) < 4.78 is 0. The van der Waals surface area contributed by atoms with E-state index in [1.807, 2.05) is 12.1 Å². The summed E-state index contributed by atoms with van der Waals surface area (Å²) in [5.41, 5.74) is 5.87. The summed E-state index contributed by atoms with van der Waals surface area (Å²) in [6.45, 7) is 0.973. The molecular weight excluding hydrogens is 258 g/mol. The molecular formula is C19H21NO. The minimum absolute atomic E-state index is 0.537. The molecule has 4 rings (SSSR count). The molecule has 1 aliphatic heterocycles. The molecule has 1 saturated carbocycles. The first kappa shape index (κ1) is 12.9. The number of anilines is 1. The Morgan fingerprint density at radius 3 is 2.76 bits per heavy atom. The van der Waals surface area contributed by atoms with Crippen molar-refractivity contribution in [3.05, 3.63) is 64.7 Å². The monoisotopic (exact) mass is 279 g/mol. The Bertz CT molecular complexity index is 660. The van der Waals surface area contributed by atoms with Crippen LogP contribution >= 0.6 is 0 Å². The molecule has 2 aliphatic rings. The molecule has 1 fully saturated rings. The minimum atomic E-state index is -0.537. The lowest BCUT2D eigenvalue weighted by Gasteiger charge is -2.26. The normalized spacial score (nSPS) is 18.7. The van der Waals surface area contributed by atoms with Crippen LogP contribution in [0.2, 0.25) is 0 Å². The third-order valence-corrected chi connectivity index (χ3v) is 4.98. The van der Waals surface area contributed by atoms with Gasteiger partial charge in [0, 0.05) is 17.8 Å². The zero-order valence-electron chi connectivity index (χ0n) is 12.2. The average Bonchev–Trinajstić information content (AvgIpc) is 2.93. The number of fused-ring (bicyclic) bond motifs is 1. The highest BCUT2D eigenvalue weighted by Gasteiger charge is 2.23. The standard InChI is InChI=1S/C19H21NO/c21-19(17-9-3-6-14-10-11-20-18(14)17)16-8-2-7-15(12-16)13-4-1-5-13/h2-3,6-9,12-13,19-21H,1,4-5,10-11H2. The largest absolute Gasteiger partial charge is 0.384 e. The van der Waals surface area contributed by atoms with E-state index in [0.29, 0.717) is 5.92 Å². The fourth-order valence-corrected chi connectivity index (χ4v) is 3.50. The SMILES string of the molecule is OC(c1cccc(C2CCC2)c1)c1cccc2c1NCC2. The first-order valence-corrected chi connectivity index (χ1v) is 7.96. The molecule has 1 unspecified atom stereocenters. The molecule has 1 atom stereocenters. The van der Waals surface area contributed by atoms with Crippen LogP contribution in [-0.2, 0) is 6.42 Å². The van der Waals surface area contributed by atoms with Crippen LogP contribution in [-0.4, -0.2) is 11.7 Å². The molecule has 0 saturated heterocycles. The lowest BCUT2D eigenvalue weighted by molar-refractivity contribution is 0.220. The van der Waals surface area contributed by atoms with E-state index >= 15 is 0 Å². The quantitative estimate of drug-likeness (QED) is 0.890. The summed E-state index contributed by atoms with van der Waals surface area (Å²) in [6.07, 6.45) is 4.44. The van der Waals surface area contributed by atoms with Crippen molar-refractivity contribution in [3.8, 4) is 0 Å². The molecule has 21 heavy (non-hydrogen) atoms. The van der Waals surface area contributed by atoms with Gasteiger partial charge in [-0.1, -0.05) is 48.9 Å². The van der Waals surface area contributed by atoms with Gasteiger partial charge in [-0.25, -0.2) is 0 Å². The second-order valence-corrected chi connectivity index (χ2v) is 6.26. The highest BCUT2D eigenvalue weighted by Crippen LogP contribution is 2.39. The Kier molecular flexibility index (Phi) is 3.19. The number of rotatable bonds is 3. The molecule has 2 nitrogen and oxygen atoms in total. The van der Waals surface area contributed by atoms with Gasteiger partial charge in [-0.2, -0.15) is 0 Å². The molecule has 0 bridgehead atoms. The van der Waals surface area contributed by atoms with Gasteiger partial charge in [-0.15, -0.1) is 0 Å². The van der Waals surface area contributed by atoms with Gasteiger partial charge in [0.2, 0.25) is 0 Å². The van der Waals surface area contributed by atoms with Gasteiger partial charge in [0.25, 0.3) is 0 Å². The summed E-state index contributed by atoms with van der Waals surface area (Å²) in [5, 5.41) is 14.2. The summed E-state index contributed by atoms with van der Waals surface area (Å²) in [6, 6.07) is 14.8. The molecule has 2 N–H and O–H groups in total. The zero-order chi connectivity index (χ0) is 14.2. The molecule has 2 heteroatoms. The average molecular weight is 279 g/mol. The van der Waals surface area contributed by atoms with Crippen LogP contribution in [0.5, 0.6) is 0 Å². The number of aliphatic hydroxyl groups excluding tert-OH is 1. The fraction of sp³-hybridized carbons (Fsp3) is 0.368. The van der Waals surface area contributed by atoms with Crippen molar-refractivity contribution in [1.29, 1.82) is 0 Å². The molecule has 1 heterocycles. The van der Waals surface area contributed by atoms with Gasteiger partial charge < -0.3 is 10.4 Å². The van der Waals surface area contributed by atoms with Crippen LogP contribution < -0.4 is 5.32 Å². The predicted octanol–water partition coefficient (Wildman–Crippen LogP) is 4.00. The number of hydrogen-bond donors (Lipinski definition) is 2. The van der Waals surface area contributed by atoms with Crippen molar-refractivity contribution in [3.63, 3.8) is 0 Å². The highest BCUT2D eigenvalue weighted by molar-refractivity contribution is 5.63. The number of aliphatic hydroxyl groups is 1. The summed E-state index contributed by atoms with van der Waals surface area (Å²) in [5.74, 6) is 0.705. The van der Waals surface area contributed by atoms with E-state index in [0.717, 1.165) is 29.8 Å². The molecule has 2 aromatic rings.